The SMILES string of the molecule is Cc1cc(C)n(CCCNC(=O)c2c(C)oc3ncn(C)c(=O)c23)n1. The van der Waals surface area contributed by atoms with Crippen molar-refractivity contribution in [3.63, 3.8) is 0 Å². The Morgan fingerprint density at radius 1 is 1.32 bits per heavy atom. The van der Waals surface area contributed by atoms with Crippen molar-refractivity contribution in [1.29, 1.82) is 0 Å². The monoisotopic (exact) mass is 343 g/mol. The largest absolute Gasteiger partial charge is 0.442 e. The van der Waals surface area contributed by atoms with Crippen molar-refractivity contribution in [2.75, 3.05) is 6.54 Å². The van der Waals surface area contributed by atoms with E-state index in [1.54, 1.807) is 14.0 Å². The maximum Gasteiger partial charge on any atom is 0.265 e. The average Bonchev–Trinajstić information content (AvgIpc) is 3.06. The lowest BCUT2D eigenvalue weighted by Gasteiger charge is -2.06. The minimum Gasteiger partial charge on any atom is -0.442 e. The highest BCUT2D eigenvalue weighted by molar-refractivity contribution is 6.06. The van der Waals surface area contributed by atoms with Crippen LogP contribution in [0.5, 0.6) is 0 Å². The highest BCUT2D eigenvalue weighted by Gasteiger charge is 2.22. The molecule has 0 saturated carbocycles. The zero-order valence-corrected chi connectivity index (χ0v) is 14.8. The summed E-state index contributed by atoms with van der Waals surface area (Å²) in [5, 5.41) is 7.46. The van der Waals surface area contributed by atoms with Gasteiger partial charge in [-0.05, 0) is 33.3 Å². The number of nitrogens with one attached hydrogen (secondary N) is 1. The maximum absolute atomic E-state index is 12.5. The lowest BCUT2D eigenvalue weighted by atomic mass is 10.2. The van der Waals surface area contributed by atoms with Crippen LogP contribution in [0, 0.1) is 20.8 Å². The summed E-state index contributed by atoms with van der Waals surface area (Å²) in [5.41, 5.74) is 2.22. The van der Waals surface area contributed by atoms with Gasteiger partial charge in [-0.1, -0.05) is 0 Å². The van der Waals surface area contributed by atoms with E-state index >= 15 is 0 Å². The number of amides is 1. The van der Waals surface area contributed by atoms with Gasteiger partial charge in [-0.15, -0.1) is 0 Å². The second kappa shape index (κ2) is 6.54. The molecule has 0 fully saturated rings. The quantitative estimate of drug-likeness (QED) is 0.708. The molecule has 3 heterocycles. The van der Waals surface area contributed by atoms with Crippen LogP contribution >= 0.6 is 0 Å². The molecule has 25 heavy (non-hydrogen) atoms. The van der Waals surface area contributed by atoms with Crippen LogP contribution in [0.4, 0.5) is 0 Å². The van der Waals surface area contributed by atoms with Crippen molar-refractivity contribution < 1.29 is 9.21 Å². The fourth-order valence-electron chi connectivity index (χ4n) is 2.88. The van der Waals surface area contributed by atoms with Crippen molar-refractivity contribution in [3.05, 3.63) is 45.5 Å². The fourth-order valence-corrected chi connectivity index (χ4v) is 2.88. The van der Waals surface area contributed by atoms with E-state index < -0.39 is 0 Å². The third-order valence-corrected chi connectivity index (χ3v) is 4.11. The average molecular weight is 343 g/mol. The van der Waals surface area contributed by atoms with Gasteiger partial charge < -0.3 is 14.3 Å². The smallest absolute Gasteiger partial charge is 0.265 e. The van der Waals surface area contributed by atoms with Gasteiger partial charge in [-0.2, -0.15) is 5.10 Å². The van der Waals surface area contributed by atoms with E-state index in [9.17, 15) is 9.59 Å². The van der Waals surface area contributed by atoms with E-state index in [4.69, 9.17) is 4.42 Å². The molecule has 3 rings (SSSR count). The van der Waals surface area contributed by atoms with Crippen molar-refractivity contribution >= 4 is 17.0 Å². The summed E-state index contributed by atoms with van der Waals surface area (Å²) < 4.78 is 8.70. The molecule has 0 aliphatic heterocycles. The number of aryl methyl sites for hydroxylation is 5. The fraction of sp³-hybridized carbons (Fsp3) is 0.412. The van der Waals surface area contributed by atoms with Gasteiger partial charge in [0.15, 0.2) is 0 Å². The van der Waals surface area contributed by atoms with Gasteiger partial charge in [0.05, 0.1) is 11.3 Å². The highest BCUT2D eigenvalue weighted by Crippen LogP contribution is 2.20. The normalized spacial score (nSPS) is 11.2. The first-order valence-corrected chi connectivity index (χ1v) is 8.12. The summed E-state index contributed by atoms with van der Waals surface area (Å²) >= 11 is 0. The van der Waals surface area contributed by atoms with E-state index in [-0.39, 0.29) is 28.1 Å². The van der Waals surface area contributed by atoms with Gasteiger partial charge in [0.2, 0.25) is 5.71 Å². The lowest BCUT2D eigenvalue weighted by molar-refractivity contribution is 0.0952. The number of nitrogens with zero attached hydrogens (tertiary/aromatic N) is 4. The number of rotatable bonds is 5. The summed E-state index contributed by atoms with van der Waals surface area (Å²) in [6.07, 6.45) is 2.11. The molecule has 1 amide bonds. The van der Waals surface area contributed by atoms with E-state index in [1.807, 2.05) is 24.6 Å². The molecule has 3 aromatic heterocycles. The zero-order valence-electron chi connectivity index (χ0n) is 14.8. The molecule has 0 aromatic carbocycles. The number of aromatic nitrogens is 4. The van der Waals surface area contributed by atoms with Crippen LogP contribution in [0.1, 0.15) is 33.9 Å². The van der Waals surface area contributed by atoms with Crippen molar-refractivity contribution in [1.82, 2.24) is 24.6 Å². The molecular weight excluding hydrogens is 322 g/mol. The first kappa shape index (κ1) is 16.9. The number of hydrogen-bond donors (Lipinski definition) is 1. The van der Waals surface area contributed by atoms with E-state index in [1.165, 1.54) is 10.9 Å². The Bertz CT molecular complexity index is 996. The standard InChI is InChI=1S/C17H21N5O3/c1-10-8-11(2)22(20-10)7-5-6-18-15(23)13-12(3)25-16-14(13)17(24)21(4)9-19-16/h8-9H,5-7H2,1-4H3,(H,18,23). The third kappa shape index (κ3) is 3.19. The molecule has 0 unspecified atom stereocenters. The van der Waals surface area contributed by atoms with Crippen LogP contribution in [0.2, 0.25) is 0 Å². The van der Waals surface area contributed by atoms with E-state index in [0.29, 0.717) is 18.8 Å². The van der Waals surface area contributed by atoms with Crippen LogP contribution in [0.25, 0.3) is 11.1 Å². The summed E-state index contributed by atoms with van der Waals surface area (Å²) in [6, 6.07) is 2.02. The van der Waals surface area contributed by atoms with Gasteiger partial charge in [0.25, 0.3) is 11.5 Å². The van der Waals surface area contributed by atoms with Gasteiger partial charge in [-0.3, -0.25) is 14.3 Å². The number of hydrogen-bond acceptors (Lipinski definition) is 5. The van der Waals surface area contributed by atoms with Gasteiger partial charge >= 0.3 is 0 Å². The van der Waals surface area contributed by atoms with Crippen molar-refractivity contribution in [2.24, 2.45) is 7.05 Å². The zero-order chi connectivity index (χ0) is 18.1. The third-order valence-electron chi connectivity index (χ3n) is 4.11. The summed E-state index contributed by atoms with van der Waals surface area (Å²) in [5.74, 6) is 0.0663. The maximum atomic E-state index is 12.5. The molecule has 0 bridgehead atoms. The Morgan fingerprint density at radius 2 is 2.08 bits per heavy atom. The number of fused-ring (bicyclic) bond motifs is 1. The van der Waals surface area contributed by atoms with E-state index in [0.717, 1.165) is 17.8 Å². The molecule has 132 valence electrons. The van der Waals surface area contributed by atoms with E-state index in [2.05, 4.69) is 15.4 Å². The predicted molar refractivity (Wildman–Crippen MR) is 92.6 cm³/mol. The number of carbonyl (C=O) groups excluding carboxylic acids is 1. The van der Waals surface area contributed by atoms with Crippen molar-refractivity contribution in [2.45, 2.75) is 33.7 Å². The molecular formula is C17H21N5O3. The Balaban J connectivity index is 1.70. The van der Waals surface area contributed by atoms with Crippen LogP contribution in [0.15, 0.2) is 21.6 Å². The predicted octanol–water partition coefficient (Wildman–Crippen LogP) is 1.47. The van der Waals surface area contributed by atoms with Crippen LogP contribution in [-0.4, -0.2) is 31.8 Å². The molecule has 8 heteroatoms. The molecule has 0 aliphatic carbocycles. The Labute approximate surface area is 144 Å². The first-order chi connectivity index (χ1) is 11.9. The first-order valence-electron chi connectivity index (χ1n) is 8.12. The molecule has 0 radical (unpaired) electrons. The van der Waals surface area contributed by atoms with Crippen molar-refractivity contribution in [3.8, 4) is 0 Å². The van der Waals surface area contributed by atoms with Crippen LogP contribution in [-0.2, 0) is 13.6 Å². The number of furan rings is 1. The Morgan fingerprint density at radius 3 is 2.76 bits per heavy atom. The Hall–Kier alpha value is -2.90. The molecule has 1 N–H and O–H groups in total. The Kier molecular flexibility index (Phi) is 4.43. The van der Waals surface area contributed by atoms with Crippen LogP contribution in [0.3, 0.4) is 0 Å². The number of carbonyl (C=O) groups is 1. The van der Waals surface area contributed by atoms with Crippen LogP contribution < -0.4 is 10.9 Å². The lowest BCUT2D eigenvalue weighted by Crippen LogP contribution is -2.27. The topological polar surface area (TPSA) is 95.0 Å². The minimum atomic E-state index is -0.324. The molecule has 0 aliphatic rings. The molecule has 0 saturated heterocycles. The summed E-state index contributed by atoms with van der Waals surface area (Å²) in [7, 11) is 1.59. The van der Waals surface area contributed by atoms with Gasteiger partial charge in [-0.25, -0.2) is 4.98 Å². The highest BCUT2D eigenvalue weighted by atomic mass is 16.3. The summed E-state index contributed by atoms with van der Waals surface area (Å²) in [4.78, 5) is 28.9. The molecule has 8 nitrogen and oxygen atoms in total. The molecule has 0 spiro atoms. The van der Waals surface area contributed by atoms with Gasteiger partial charge in [0, 0.05) is 25.8 Å². The second-order valence-electron chi connectivity index (χ2n) is 6.13. The second-order valence-corrected chi connectivity index (χ2v) is 6.13. The molecule has 3 aromatic rings. The van der Waals surface area contributed by atoms with Gasteiger partial charge in [0.1, 0.15) is 17.5 Å². The molecule has 0 atom stereocenters. The summed E-state index contributed by atoms with van der Waals surface area (Å²) in [6.45, 7) is 6.80. The minimum absolute atomic E-state index is 0.188.